The van der Waals surface area contributed by atoms with Crippen molar-refractivity contribution in [2.24, 2.45) is 10.7 Å². The molecule has 2 rings (SSSR count). The highest BCUT2D eigenvalue weighted by atomic mass is 127. The molecule has 0 saturated carbocycles. The van der Waals surface area contributed by atoms with Gasteiger partial charge in [0.25, 0.3) is 0 Å². The highest BCUT2D eigenvalue weighted by molar-refractivity contribution is 14.0. The molecule has 0 saturated heterocycles. The first-order valence-corrected chi connectivity index (χ1v) is 9.34. The minimum Gasteiger partial charge on any atom is -0.493 e. The third kappa shape index (κ3) is 8.39. The fourth-order valence-corrected chi connectivity index (χ4v) is 2.66. The number of hydrogen-bond acceptors (Lipinski definition) is 4. The Hall–Kier alpha value is -2.16. The number of benzene rings is 2. The Morgan fingerprint density at radius 3 is 2.34 bits per heavy atom. The van der Waals surface area contributed by atoms with Gasteiger partial charge in [0.2, 0.25) is 0 Å². The zero-order chi connectivity index (χ0) is 20.6. The van der Waals surface area contributed by atoms with Gasteiger partial charge in [-0.15, -0.1) is 24.0 Å². The van der Waals surface area contributed by atoms with Gasteiger partial charge in [-0.2, -0.15) is 0 Å². The Bertz CT molecular complexity index is 804. The van der Waals surface area contributed by atoms with Crippen molar-refractivity contribution in [3.8, 4) is 17.2 Å². The Labute approximate surface area is 190 Å². The predicted octanol–water partition coefficient (Wildman–Crippen LogP) is 4.15. The van der Waals surface area contributed by atoms with Crippen molar-refractivity contribution in [2.45, 2.75) is 39.3 Å². The van der Waals surface area contributed by atoms with Crippen LogP contribution in [-0.2, 0) is 13.0 Å². The number of nitrogens with zero attached hydrogens (tertiary/aromatic N) is 1. The van der Waals surface area contributed by atoms with Gasteiger partial charge in [0.1, 0.15) is 11.4 Å². The minimum absolute atomic E-state index is 0. The average molecular weight is 513 g/mol. The predicted molar refractivity (Wildman–Crippen MR) is 129 cm³/mol. The fourth-order valence-electron chi connectivity index (χ4n) is 2.66. The van der Waals surface area contributed by atoms with Crippen molar-refractivity contribution in [1.29, 1.82) is 0 Å². The van der Waals surface area contributed by atoms with E-state index < -0.39 is 0 Å². The first kappa shape index (κ1) is 24.9. The lowest BCUT2D eigenvalue weighted by atomic mass is 10.1. The van der Waals surface area contributed by atoms with Gasteiger partial charge in [-0.25, -0.2) is 4.99 Å². The molecule has 0 heterocycles. The lowest BCUT2D eigenvalue weighted by Crippen LogP contribution is -2.33. The Morgan fingerprint density at radius 2 is 1.69 bits per heavy atom. The SMILES string of the molecule is COc1ccc(CCNC(N)=NCc2ccccc2OC(C)(C)C)cc1OC.I. The summed E-state index contributed by atoms with van der Waals surface area (Å²) >= 11 is 0. The third-order valence-corrected chi connectivity index (χ3v) is 3.98. The van der Waals surface area contributed by atoms with Crippen LogP contribution in [0.1, 0.15) is 31.9 Å². The van der Waals surface area contributed by atoms with Gasteiger partial charge in [0.05, 0.1) is 20.8 Å². The van der Waals surface area contributed by atoms with E-state index in [1.807, 2.05) is 63.2 Å². The van der Waals surface area contributed by atoms with E-state index in [-0.39, 0.29) is 29.6 Å². The van der Waals surface area contributed by atoms with Crippen LogP contribution in [0.4, 0.5) is 0 Å². The number of guanidine groups is 1. The first-order valence-electron chi connectivity index (χ1n) is 9.34. The Kier molecular flexibility index (Phi) is 10.1. The second kappa shape index (κ2) is 11.7. The van der Waals surface area contributed by atoms with Gasteiger partial charge < -0.3 is 25.3 Å². The van der Waals surface area contributed by atoms with Gasteiger partial charge in [-0.1, -0.05) is 24.3 Å². The summed E-state index contributed by atoms with van der Waals surface area (Å²) in [5.74, 6) is 2.68. The van der Waals surface area contributed by atoms with Crippen molar-refractivity contribution in [1.82, 2.24) is 5.32 Å². The van der Waals surface area contributed by atoms with E-state index in [1.54, 1.807) is 14.2 Å². The number of ether oxygens (including phenoxy) is 3. The van der Waals surface area contributed by atoms with Crippen molar-refractivity contribution in [3.63, 3.8) is 0 Å². The van der Waals surface area contributed by atoms with E-state index in [9.17, 15) is 0 Å². The van der Waals surface area contributed by atoms with Crippen molar-refractivity contribution in [2.75, 3.05) is 20.8 Å². The summed E-state index contributed by atoms with van der Waals surface area (Å²) in [7, 11) is 3.26. The second-order valence-electron chi connectivity index (χ2n) is 7.39. The number of aliphatic imine (C=N–C) groups is 1. The van der Waals surface area contributed by atoms with E-state index in [1.165, 1.54) is 0 Å². The molecule has 2 aromatic carbocycles. The summed E-state index contributed by atoms with van der Waals surface area (Å²) in [5.41, 5.74) is 7.89. The lowest BCUT2D eigenvalue weighted by molar-refractivity contribution is 0.129. The van der Waals surface area contributed by atoms with Crippen LogP contribution in [-0.4, -0.2) is 32.3 Å². The van der Waals surface area contributed by atoms with E-state index in [2.05, 4.69) is 10.3 Å². The molecular weight excluding hydrogens is 481 g/mol. The normalized spacial score (nSPS) is 11.4. The molecule has 0 radical (unpaired) electrons. The maximum absolute atomic E-state index is 6.02. The summed E-state index contributed by atoms with van der Waals surface area (Å²) < 4.78 is 16.6. The van der Waals surface area contributed by atoms with Gasteiger partial charge in [-0.3, -0.25) is 0 Å². The monoisotopic (exact) mass is 513 g/mol. The van der Waals surface area contributed by atoms with Crippen LogP contribution in [0.3, 0.4) is 0 Å². The number of nitrogens with one attached hydrogen (secondary N) is 1. The van der Waals surface area contributed by atoms with Crippen LogP contribution in [0.5, 0.6) is 17.2 Å². The quantitative estimate of drug-likeness (QED) is 0.315. The molecule has 6 nitrogen and oxygen atoms in total. The number of nitrogens with two attached hydrogens (primary N) is 1. The molecule has 0 amide bonds. The maximum Gasteiger partial charge on any atom is 0.188 e. The number of rotatable bonds is 8. The smallest absolute Gasteiger partial charge is 0.188 e. The van der Waals surface area contributed by atoms with Crippen LogP contribution in [0.2, 0.25) is 0 Å². The number of halogens is 1. The van der Waals surface area contributed by atoms with E-state index in [0.717, 1.165) is 34.8 Å². The molecule has 7 heteroatoms. The van der Waals surface area contributed by atoms with Crippen molar-refractivity contribution < 1.29 is 14.2 Å². The maximum atomic E-state index is 6.02. The standard InChI is InChI=1S/C22H31N3O3.HI/c1-22(2,3)28-18-9-7-6-8-17(18)15-25-21(23)24-13-12-16-10-11-19(26-4)20(14-16)27-5;/h6-11,14H,12-13,15H2,1-5H3,(H3,23,24,25);1H. The molecule has 0 aliphatic carbocycles. The van der Waals surface area contributed by atoms with Crippen LogP contribution in [0, 0.1) is 0 Å². The molecule has 0 aromatic heterocycles. The van der Waals surface area contributed by atoms with Crippen LogP contribution in [0.15, 0.2) is 47.5 Å². The molecule has 2 aromatic rings. The molecule has 0 bridgehead atoms. The Morgan fingerprint density at radius 1 is 1.00 bits per heavy atom. The third-order valence-electron chi connectivity index (χ3n) is 3.98. The zero-order valence-corrected chi connectivity index (χ0v) is 20.2. The molecule has 0 spiro atoms. The highest BCUT2D eigenvalue weighted by Gasteiger charge is 2.14. The van der Waals surface area contributed by atoms with Gasteiger partial charge in [0.15, 0.2) is 17.5 Å². The molecule has 0 aliphatic rings. The summed E-state index contributed by atoms with van der Waals surface area (Å²) in [4.78, 5) is 4.44. The number of para-hydroxylation sites is 1. The molecule has 0 atom stereocenters. The molecule has 0 fully saturated rings. The van der Waals surface area contributed by atoms with Crippen LogP contribution < -0.4 is 25.3 Å². The van der Waals surface area contributed by atoms with E-state index in [0.29, 0.717) is 19.0 Å². The van der Waals surface area contributed by atoms with Gasteiger partial charge in [-0.05, 0) is 51.0 Å². The number of hydrogen-bond donors (Lipinski definition) is 2. The lowest BCUT2D eigenvalue weighted by Gasteiger charge is -2.23. The van der Waals surface area contributed by atoms with Gasteiger partial charge >= 0.3 is 0 Å². The first-order chi connectivity index (χ1) is 13.3. The second-order valence-corrected chi connectivity index (χ2v) is 7.39. The highest BCUT2D eigenvalue weighted by Crippen LogP contribution is 2.27. The van der Waals surface area contributed by atoms with Crippen LogP contribution >= 0.6 is 24.0 Å². The minimum atomic E-state index is -0.261. The molecular formula is C22H32IN3O3. The molecule has 3 N–H and O–H groups in total. The summed E-state index contributed by atoms with van der Waals surface area (Å²) in [6.45, 7) is 7.21. The molecule has 0 aliphatic heterocycles. The largest absolute Gasteiger partial charge is 0.493 e. The molecule has 0 unspecified atom stereocenters. The summed E-state index contributed by atoms with van der Waals surface area (Å²) in [5, 5.41) is 3.15. The zero-order valence-electron chi connectivity index (χ0n) is 17.8. The van der Waals surface area contributed by atoms with Crippen molar-refractivity contribution >= 4 is 29.9 Å². The van der Waals surface area contributed by atoms with Crippen LogP contribution in [0.25, 0.3) is 0 Å². The molecule has 29 heavy (non-hydrogen) atoms. The van der Waals surface area contributed by atoms with Crippen molar-refractivity contribution in [3.05, 3.63) is 53.6 Å². The number of methoxy groups -OCH3 is 2. The fraction of sp³-hybridized carbons (Fsp3) is 0.409. The summed E-state index contributed by atoms with van der Waals surface area (Å²) in [6, 6.07) is 13.8. The van der Waals surface area contributed by atoms with Gasteiger partial charge in [0, 0.05) is 12.1 Å². The Balaban J connectivity index is 0.00000420. The molecule has 160 valence electrons. The summed E-state index contributed by atoms with van der Waals surface area (Å²) in [6.07, 6.45) is 0.792. The average Bonchev–Trinajstić information content (AvgIpc) is 2.66. The van der Waals surface area contributed by atoms with E-state index in [4.69, 9.17) is 19.9 Å². The van der Waals surface area contributed by atoms with E-state index >= 15 is 0 Å². The topological polar surface area (TPSA) is 78.1 Å².